The highest BCUT2D eigenvalue weighted by molar-refractivity contribution is 7.11. The molecule has 1 atom stereocenters. The molecule has 5 nitrogen and oxygen atoms in total. The minimum Gasteiger partial charge on any atom is -0.373 e. The van der Waals surface area contributed by atoms with Crippen molar-refractivity contribution in [3.05, 3.63) is 66.9 Å². The first-order chi connectivity index (χ1) is 12.0. The molecule has 0 aliphatic rings. The summed E-state index contributed by atoms with van der Waals surface area (Å²) in [6.45, 7) is 4.06. The number of rotatable bonds is 5. The van der Waals surface area contributed by atoms with Gasteiger partial charge in [0, 0.05) is 16.1 Å². The Morgan fingerprint density at radius 2 is 1.96 bits per heavy atom. The molecule has 130 valence electrons. The van der Waals surface area contributed by atoms with Gasteiger partial charge in [-0.1, -0.05) is 30.1 Å². The highest BCUT2D eigenvalue weighted by Gasteiger charge is 2.15. The third kappa shape index (κ3) is 3.86. The van der Waals surface area contributed by atoms with E-state index in [1.54, 1.807) is 41.8 Å². The van der Waals surface area contributed by atoms with Gasteiger partial charge in [0.05, 0.1) is 23.6 Å². The molecule has 25 heavy (non-hydrogen) atoms. The largest absolute Gasteiger partial charge is 0.373 e. The van der Waals surface area contributed by atoms with Crippen molar-refractivity contribution in [1.82, 2.24) is 14.8 Å². The van der Waals surface area contributed by atoms with Crippen molar-refractivity contribution in [2.45, 2.75) is 26.3 Å². The maximum atomic E-state index is 12.5. The Kier molecular flexibility index (Phi) is 5.42. The van der Waals surface area contributed by atoms with Gasteiger partial charge in [-0.25, -0.2) is 4.98 Å². The molecule has 2 aromatic heterocycles. The Balaban J connectivity index is 1.87. The van der Waals surface area contributed by atoms with Gasteiger partial charge in [-0.15, -0.1) is 11.3 Å². The van der Waals surface area contributed by atoms with E-state index < -0.39 is 5.56 Å². The number of thiazole rings is 1. The molecule has 1 N–H and O–H groups in total. The molecule has 3 rings (SSSR count). The first-order valence-electron chi connectivity index (χ1n) is 7.74. The third-order valence-electron chi connectivity index (χ3n) is 3.65. The van der Waals surface area contributed by atoms with Crippen molar-refractivity contribution in [3.63, 3.8) is 0 Å². The van der Waals surface area contributed by atoms with Crippen molar-refractivity contribution < 1.29 is 0 Å². The zero-order valence-electron chi connectivity index (χ0n) is 13.7. The highest BCUT2D eigenvalue weighted by atomic mass is 35.5. The number of hydrogen-bond acceptors (Lipinski definition) is 5. The van der Waals surface area contributed by atoms with E-state index in [-0.39, 0.29) is 11.1 Å². The van der Waals surface area contributed by atoms with Gasteiger partial charge in [-0.2, -0.15) is 9.78 Å². The smallest absolute Gasteiger partial charge is 0.292 e. The minimum absolute atomic E-state index is 0.0737. The molecule has 2 heterocycles. The fourth-order valence-electron chi connectivity index (χ4n) is 2.28. The van der Waals surface area contributed by atoms with Crippen LogP contribution in [0.2, 0.25) is 10.0 Å². The molecule has 0 amide bonds. The summed E-state index contributed by atoms with van der Waals surface area (Å²) in [4.78, 5) is 18.1. The number of hydrogen-bond donors (Lipinski definition) is 1. The summed E-state index contributed by atoms with van der Waals surface area (Å²) >= 11 is 13.8. The van der Waals surface area contributed by atoms with E-state index >= 15 is 0 Å². The quantitative estimate of drug-likeness (QED) is 0.679. The summed E-state index contributed by atoms with van der Waals surface area (Å²) < 4.78 is 1.24. The Morgan fingerprint density at radius 3 is 2.60 bits per heavy atom. The van der Waals surface area contributed by atoms with Crippen LogP contribution in [0.25, 0.3) is 5.69 Å². The number of nitrogens with zero attached hydrogens (tertiary/aromatic N) is 3. The average Bonchev–Trinajstić information content (AvgIpc) is 3.09. The lowest BCUT2D eigenvalue weighted by Gasteiger charge is -2.14. The Labute approximate surface area is 159 Å². The molecule has 0 spiro atoms. The van der Waals surface area contributed by atoms with Crippen molar-refractivity contribution in [3.8, 4) is 5.69 Å². The zero-order valence-corrected chi connectivity index (χ0v) is 16.0. The maximum Gasteiger partial charge on any atom is 0.292 e. The van der Waals surface area contributed by atoms with Gasteiger partial charge >= 0.3 is 0 Å². The third-order valence-corrected chi connectivity index (χ3v) is 5.59. The van der Waals surface area contributed by atoms with Gasteiger partial charge in [0.2, 0.25) is 0 Å². The molecule has 1 unspecified atom stereocenters. The summed E-state index contributed by atoms with van der Waals surface area (Å²) in [6, 6.07) is 6.74. The molecule has 0 bridgehead atoms. The van der Waals surface area contributed by atoms with Gasteiger partial charge in [-0.05, 0) is 37.6 Å². The molecule has 0 aliphatic carbocycles. The van der Waals surface area contributed by atoms with Gasteiger partial charge in [0.25, 0.3) is 5.56 Å². The van der Waals surface area contributed by atoms with Gasteiger partial charge in [0.1, 0.15) is 10.0 Å². The molecule has 0 saturated heterocycles. The number of aryl methyl sites for hydroxylation is 1. The molecule has 3 aromatic rings. The first kappa shape index (κ1) is 17.9. The Bertz CT molecular complexity index is 937. The lowest BCUT2D eigenvalue weighted by molar-refractivity contribution is 0.798. The second kappa shape index (κ2) is 7.56. The summed E-state index contributed by atoms with van der Waals surface area (Å²) in [5.41, 5.74) is 0.690. The van der Waals surface area contributed by atoms with E-state index in [2.05, 4.69) is 22.3 Å². The van der Waals surface area contributed by atoms with E-state index in [4.69, 9.17) is 23.2 Å². The van der Waals surface area contributed by atoms with Crippen LogP contribution in [-0.2, 0) is 6.42 Å². The topological polar surface area (TPSA) is 59.8 Å². The van der Waals surface area contributed by atoms with Crippen LogP contribution in [0.4, 0.5) is 5.69 Å². The fraction of sp³-hybridized carbons (Fsp3) is 0.235. The highest BCUT2D eigenvalue weighted by Crippen LogP contribution is 2.26. The van der Waals surface area contributed by atoms with Crippen molar-refractivity contribution in [2.24, 2.45) is 0 Å². The van der Waals surface area contributed by atoms with E-state index in [1.165, 1.54) is 9.56 Å². The van der Waals surface area contributed by atoms with Crippen LogP contribution in [-0.4, -0.2) is 14.8 Å². The van der Waals surface area contributed by atoms with Crippen LogP contribution < -0.4 is 10.9 Å². The summed E-state index contributed by atoms with van der Waals surface area (Å²) in [7, 11) is 0. The second-order valence-corrected chi connectivity index (χ2v) is 7.41. The Hall–Kier alpha value is -1.89. The normalized spacial score (nSPS) is 12.2. The predicted molar refractivity (Wildman–Crippen MR) is 103 cm³/mol. The molecule has 0 aliphatic heterocycles. The van der Waals surface area contributed by atoms with Crippen LogP contribution in [0.1, 0.15) is 29.8 Å². The molecule has 0 saturated carbocycles. The van der Waals surface area contributed by atoms with Gasteiger partial charge < -0.3 is 5.32 Å². The number of benzene rings is 1. The molecular weight excluding hydrogens is 379 g/mol. The number of aromatic nitrogens is 3. The molecule has 8 heteroatoms. The summed E-state index contributed by atoms with van der Waals surface area (Å²) in [5, 5.41) is 9.03. The average molecular weight is 395 g/mol. The number of anilines is 1. The SMILES string of the molecule is CCc1cnc(C(C)Nc2cnn(-c3ccc(Cl)cc3)c(=O)c2Cl)s1. The van der Waals surface area contributed by atoms with Crippen molar-refractivity contribution >= 4 is 40.2 Å². The molecular formula is C17H16Cl2N4OS. The van der Waals surface area contributed by atoms with Crippen LogP contribution in [0.5, 0.6) is 0 Å². The van der Waals surface area contributed by atoms with E-state index in [9.17, 15) is 4.79 Å². The maximum absolute atomic E-state index is 12.5. The molecule has 1 aromatic carbocycles. The minimum atomic E-state index is -0.394. The Morgan fingerprint density at radius 1 is 1.24 bits per heavy atom. The second-order valence-electron chi connectivity index (χ2n) is 5.45. The van der Waals surface area contributed by atoms with Crippen LogP contribution in [0.3, 0.4) is 0 Å². The van der Waals surface area contributed by atoms with Crippen molar-refractivity contribution in [2.75, 3.05) is 5.32 Å². The van der Waals surface area contributed by atoms with E-state index in [0.717, 1.165) is 11.4 Å². The summed E-state index contributed by atoms with van der Waals surface area (Å²) in [6.07, 6.45) is 4.36. The fourth-order valence-corrected chi connectivity index (χ4v) is 3.45. The number of nitrogens with one attached hydrogen (secondary N) is 1. The zero-order chi connectivity index (χ0) is 18.0. The summed E-state index contributed by atoms with van der Waals surface area (Å²) in [5.74, 6) is 0. The lowest BCUT2D eigenvalue weighted by Crippen LogP contribution is -2.23. The van der Waals surface area contributed by atoms with Crippen molar-refractivity contribution in [1.29, 1.82) is 0 Å². The van der Waals surface area contributed by atoms with Gasteiger partial charge in [-0.3, -0.25) is 4.79 Å². The first-order valence-corrected chi connectivity index (χ1v) is 9.31. The lowest BCUT2D eigenvalue weighted by atomic mass is 10.3. The van der Waals surface area contributed by atoms with Gasteiger partial charge in [0.15, 0.2) is 0 Å². The molecule has 0 fully saturated rings. The number of halogens is 2. The van der Waals surface area contributed by atoms with Crippen LogP contribution in [0.15, 0.2) is 41.5 Å². The van der Waals surface area contributed by atoms with Crippen LogP contribution in [0, 0.1) is 0 Å². The molecule has 0 radical (unpaired) electrons. The van der Waals surface area contributed by atoms with Crippen LogP contribution >= 0.6 is 34.5 Å². The monoisotopic (exact) mass is 394 g/mol. The standard InChI is InChI=1S/C17H16Cl2N4OS/c1-3-13-8-20-16(25-13)10(2)22-14-9-21-23(17(24)15(14)19)12-6-4-11(18)5-7-12/h4-10,22H,3H2,1-2H3. The predicted octanol–water partition coefficient (Wildman–Crippen LogP) is 4.73. The van der Waals surface area contributed by atoms with E-state index in [0.29, 0.717) is 16.4 Å². The van der Waals surface area contributed by atoms with E-state index in [1.807, 2.05) is 13.1 Å².